The Hall–Kier alpha value is -0.780. The van der Waals surface area contributed by atoms with Crippen LogP contribution >= 0.6 is 0 Å². The summed E-state index contributed by atoms with van der Waals surface area (Å²) in [4.78, 5) is 0. The van der Waals surface area contributed by atoms with Gasteiger partial charge in [-0.05, 0) is 19.8 Å². The van der Waals surface area contributed by atoms with Gasteiger partial charge in [-0.3, -0.25) is 0 Å². The van der Waals surface area contributed by atoms with Crippen molar-refractivity contribution in [2.45, 2.75) is 26.7 Å². The van der Waals surface area contributed by atoms with Crippen LogP contribution in [0.5, 0.6) is 0 Å². The summed E-state index contributed by atoms with van der Waals surface area (Å²) in [7, 11) is 0. The molecule has 0 saturated carbocycles. The van der Waals surface area contributed by atoms with Crippen LogP contribution in [-0.4, -0.2) is 0 Å². The van der Waals surface area contributed by atoms with Crippen LogP contribution in [0.15, 0.2) is 35.5 Å². The van der Waals surface area contributed by atoms with E-state index in [1.165, 1.54) is 17.6 Å². The second-order valence-electron chi connectivity index (χ2n) is 2.70. The number of allylic oxidation sites excluding steroid dienone is 6. The van der Waals surface area contributed by atoms with E-state index in [0.717, 1.165) is 6.42 Å². The lowest BCUT2D eigenvalue weighted by molar-refractivity contribution is 1.03. The van der Waals surface area contributed by atoms with Crippen LogP contribution in [-0.2, 0) is 0 Å². The van der Waals surface area contributed by atoms with Gasteiger partial charge in [0.1, 0.15) is 0 Å². The van der Waals surface area contributed by atoms with Crippen molar-refractivity contribution in [2.24, 2.45) is 0 Å². The molecule has 1 rings (SSSR count). The smallest absolute Gasteiger partial charge is 0.0133 e. The van der Waals surface area contributed by atoms with Crippen LogP contribution in [0.2, 0.25) is 0 Å². The Morgan fingerprint density at radius 2 is 2.20 bits per heavy atom. The van der Waals surface area contributed by atoms with E-state index in [-0.39, 0.29) is 0 Å². The summed E-state index contributed by atoms with van der Waals surface area (Å²) in [6.45, 7) is 4.33. The fourth-order valence-electron chi connectivity index (χ4n) is 1.03. The van der Waals surface area contributed by atoms with Crippen molar-refractivity contribution in [1.29, 1.82) is 0 Å². The van der Waals surface area contributed by atoms with Gasteiger partial charge >= 0.3 is 0 Å². The van der Waals surface area contributed by atoms with Gasteiger partial charge in [0.2, 0.25) is 0 Å². The third-order valence-corrected chi connectivity index (χ3v) is 1.80. The summed E-state index contributed by atoms with van der Waals surface area (Å²) in [6.07, 6.45) is 11.1. The van der Waals surface area contributed by atoms with E-state index < -0.39 is 0 Å². The molecule has 0 heteroatoms. The van der Waals surface area contributed by atoms with Crippen molar-refractivity contribution in [1.82, 2.24) is 0 Å². The van der Waals surface area contributed by atoms with E-state index in [9.17, 15) is 0 Å². The molecule has 0 aromatic rings. The predicted molar refractivity (Wildman–Crippen MR) is 45.9 cm³/mol. The Kier molecular flexibility index (Phi) is 2.49. The van der Waals surface area contributed by atoms with Crippen molar-refractivity contribution in [3.8, 4) is 0 Å². The minimum Gasteiger partial charge on any atom is -0.0802 e. The molecule has 0 bridgehead atoms. The molecule has 0 N–H and O–H groups in total. The second kappa shape index (κ2) is 3.40. The Balaban J connectivity index is 2.74. The van der Waals surface area contributed by atoms with Gasteiger partial charge in [-0.2, -0.15) is 0 Å². The standard InChI is InChI=1S/C10H14/c1-3-10-6-4-5-9(2)7-8-10/h4-5,7-8H,3,6H2,1-2H3. The Morgan fingerprint density at radius 3 is 2.90 bits per heavy atom. The molecule has 0 heterocycles. The molecule has 10 heavy (non-hydrogen) atoms. The second-order valence-corrected chi connectivity index (χ2v) is 2.70. The molecule has 0 aromatic heterocycles. The Bertz CT molecular complexity index is 192. The van der Waals surface area contributed by atoms with E-state index in [0.29, 0.717) is 0 Å². The van der Waals surface area contributed by atoms with Crippen LogP contribution in [0, 0.1) is 0 Å². The topological polar surface area (TPSA) is 0 Å². The lowest BCUT2D eigenvalue weighted by atomic mass is 10.1. The summed E-state index contributed by atoms with van der Waals surface area (Å²) in [5.74, 6) is 0. The molecule has 1 aliphatic rings. The van der Waals surface area contributed by atoms with Crippen LogP contribution in [0.4, 0.5) is 0 Å². The monoisotopic (exact) mass is 134 g/mol. The largest absolute Gasteiger partial charge is 0.0802 e. The molecule has 0 nitrogen and oxygen atoms in total. The molecule has 54 valence electrons. The minimum absolute atomic E-state index is 1.13. The molecular weight excluding hydrogens is 120 g/mol. The minimum atomic E-state index is 1.13. The summed E-state index contributed by atoms with van der Waals surface area (Å²) in [6, 6.07) is 0. The maximum atomic E-state index is 2.23. The SMILES string of the molecule is CCC1=CC=C(C)C=CC1. The Morgan fingerprint density at radius 1 is 1.40 bits per heavy atom. The average molecular weight is 134 g/mol. The van der Waals surface area contributed by atoms with E-state index in [4.69, 9.17) is 0 Å². The fraction of sp³-hybridized carbons (Fsp3) is 0.400. The average Bonchev–Trinajstić information content (AvgIpc) is 2.14. The summed E-state index contributed by atoms with van der Waals surface area (Å²) in [5.41, 5.74) is 2.87. The van der Waals surface area contributed by atoms with Gasteiger partial charge in [0.05, 0.1) is 0 Å². The first-order valence-electron chi connectivity index (χ1n) is 3.86. The highest BCUT2D eigenvalue weighted by molar-refractivity contribution is 5.29. The molecule has 0 saturated heterocycles. The third kappa shape index (κ3) is 1.87. The van der Waals surface area contributed by atoms with Crippen molar-refractivity contribution in [3.63, 3.8) is 0 Å². The van der Waals surface area contributed by atoms with Gasteiger partial charge in [-0.1, -0.05) is 42.4 Å². The van der Waals surface area contributed by atoms with Crippen molar-refractivity contribution in [3.05, 3.63) is 35.5 Å². The summed E-state index contributed by atoms with van der Waals surface area (Å²) < 4.78 is 0. The molecular formula is C10H14. The van der Waals surface area contributed by atoms with Gasteiger partial charge in [-0.15, -0.1) is 0 Å². The van der Waals surface area contributed by atoms with Gasteiger partial charge in [0.15, 0.2) is 0 Å². The lowest BCUT2D eigenvalue weighted by Crippen LogP contribution is -1.74. The van der Waals surface area contributed by atoms with E-state index in [1.54, 1.807) is 0 Å². The zero-order valence-corrected chi connectivity index (χ0v) is 6.72. The normalized spacial score (nSPS) is 17.8. The quantitative estimate of drug-likeness (QED) is 0.516. The van der Waals surface area contributed by atoms with Gasteiger partial charge < -0.3 is 0 Å². The first-order valence-corrected chi connectivity index (χ1v) is 3.86. The first kappa shape index (κ1) is 7.33. The highest BCUT2D eigenvalue weighted by Gasteiger charge is 1.92. The third-order valence-electron chi connectivity index (χ3n) is 1.80. The molecule has 0 aliphatic heterocycles. The lowest BCUT2D eigenvalue weighted by Gasteiger charge is -1.94. The van der Waals surface area contributed by atoms with Gasteiger partial charge in [-0.25, -0.2) is 0 Å². The zero-order valence-electron chi connectivity index (χ0n) is 6.72. The van der Waals surface area contributed by atoms with Crippen LogP contribution in [0.25, 0.3) is 0 Å². The molecule has 0 fully saturated rings. The fourth-order valence-corrected chi connectivity index (χ4v) is 1.03. The predicted octanol–water partition coefficient (Wildman–Crippen LogP) is 3.23. The highest BCUT2D eigenvalue weighted by atomic mass is 14.0. The van der Waals surface area contributed by atoms with Crippen molar-refractivity contribution in [2.75, 3.05) is 0 Å². The molecule has 0 atom stereocenters. The van der Waals surface area contributed by atoms with Crippen molar-refractivity contribution >= 4 is 0 Å². The molecule has 0 radical (unpaired) electrons. The zero-order chi connectivity index (χ0) is 7.40. The molecule has 0 amide bonds. The highest BCUT2D eigenvalue weighted by Crippen LogP contribution is 2.12. The molecule has 1 aliphatic carbocycles. The number of hydrogen-bond donors (Lipinski definition) is 0. The maximum Gasteiger partial charge on any atom is -0.0133 e. The maximum absolute atomic E-state index is 2.23. The van der Waals surface area contributed by atoms with E-state index in [2.05, 4.69) is 38.2 Å². The first-order chi connectivity index (χ1) is 4.83. The van der Waals surface area contributed by atoms with Crippen LogP contribution in [0.3, 0.4) is 0 Å². The van der Waals surface area contributed by atoms with Gasteiger partial charge in [0, 0.05) is 0 Å². The van der Waals surface area contributed by atoms with Gasteiger partial charge in [0.25, 0.3) is 0 Å². The summed E-state index contributed by atoms with van der Waals surface area (Å²) in [5, 5.41) is 0. The Labute approximate surface area is 62.9 Å². The summed E-state index contributed by atoms with van der Waals surface area (Å²) >= 11 is 0. The molecule has 0 aromatic carbocycles. The molecule has 0 unspecified atom stereocenters. The van der Waals surface area contributed by atoms with E-state index >= 15 is 0 Å². The van der Waals surface area contributed by atoms with Crippen molar-refractivity contribution < 1.29 is 0 Å². The molecule has 0 spiro atoms. The number of rotatable bonds is 1. The van der Waals surface area contributed by atoms with Crippen LogP contribution in [0.1, 0.15) is 26.7 Å². The van der Waals surface area contributed by atoms with Crippen LogP contribution < -0.4 is 0 Å². The van der Waals surface area contributed by atoms with E-state index in [1.807, 2.05) is 0 Å². The number of hydrogen-bond acceptors (Lipinski definition) is 0.